The van der Waals surface area contributed by atoms with Gasteiger partial charge in [0.05, 0.1) is 11.6 Å². The third kappa shape index (κ3) is 3.06. The summed E-state index contributed by atoms with van der Waals surface area (Å²) in [5.74, 6) is 1.67. The number of nitrogens with one attached hydrogen (secondary N) is 1. The molecule has 0 aliphatic heterocycles. The van der Waals surface area contributed by atoms with Crippen LogP contribution in [0.5, 0.6) is 0 Å². The topological polar surface area (TPSA) is 58.9 Å². The molecule has 120 valence electrons. The lowest BCUT2D eigenvalue weighted by molar-refractivity contribution is 0.179. The maximum Gasteiger partial charge on any atom is 0.163 e. The lowest BCUT2D eigenvalue weighted by Gasteiger charge is -2.35. The number of rotatable bonds is 5. The van der Waals surface area contributed by atoms with Gasteiger partial charge in [0.1, 0.15) is 12.1 Å². The van der Waals surface area contributed by atoms with Crippen LogP contribution in [-0.2, 0) is 7.05 Å². The van der Waals surface area contributed by atoms with Gasteiger partial charge in [0.25, 0.3) is 0 Å². The van der Waals surface area contributed by atoms with Gasteiger partial charge in [-0.25, -0.2) is 9.97 Å². The molecule has 2 aromatic heterocycles. The molecular weight excluding hydrogens is 276 g/mol. The van der Waals surface area contributed by atoms with E-state index in [0.29, 0.717) is 6.04 Å². The summed E-state index contributed by atoms with van der Waals surface area (Å²) >= 11 is 0. The lowest BCUT2D eigenvalue weighted by Crippen LogP contribution is -2.41. The van der Waals surface area contributed by atoms with Gasteiger partial charge in [-0.15, -0.1) is 0 Å². The van der Waals surface area contributed by atoms with Crippen molar-refractivity contribution in [3.8, 4) is 0 Å². The number of likely N-dealkylation sites (N-methyl/N-ethyl adjacent to an activating group) is 1. The number of aromatic nitrogens is 4. The summed E-state index contributed by atoms with van der Waals surface area (Å²) in [7, 11) is 6.27. The number of aryl methyl sites for hydroxylation is 1. The van der Waals surface area contributed by atoms with Crippen molar-refractivity contribution in [2.45, 2.75) is 38.1 Å². The predicted octanol–water partition coefficient (Wildman–Crippen LogP) is 2.29. The molecule has 3 rings (SSSR count). The number of hydrogen-bond donors (Lipinski definition) is 1. The van der Waals surface area contributed by atoms with Gasteiger partial charge in [-0.2, -0.15) is 5.10 Å². The number of anilines is 1. The van der Waals surface area contributed by atoms with Gasteiger partial charge in [0, 0.05) is 19.6 Å². The summed E-state index contributed by atoms with van der Waals surface area (Å²) in [5.41, 5.74) is 0.872. The molecule has 0 amide bonds. The van der Waals surface area contributed by atoms with E-state index in [9.17, 15) is 0 Å². The largest absolute Gasteiger partial charge is 0.368 e. The molecule has 6 nitrogen and oxygen atoms in total. The van der Waals surface area contributed by atoms with Crippen molar-refractivity contribution in [1.29, 1.82) is 0 Å². The minimum absolute atomic E-state index is 0.544. The van der Waals surface area contributed by atoms with Crippen LogP contribution in [0.1, 0.15) is 32.1 Å². The highest BCUT2D eigenvalue weighted by Crippen LogP contribution is 2.28. The Morgan fingerprint density at radius 2 is 2.05 bits per heavy atom. The van der Waals surface area contributed by atoms with E-state index in [1.54, 1.807) is 11.0 Å². The van der Waals surface area contributed by atoms with Crippen LogP contribution in [-0.4, -0.2) is 51.3 Å². The predicted molar refractivity (Wildman–Crippen MR) is 88.8 cm³/mol. The Hall–Kier alpha value is -1.69. The van der Waals surface area contributed by atoms with E-state index < -0.39 is 0 Å². The van der Waals surface area contributed by atoms with Gasteiger partial charge in [0.15, 0.2) is 5.65 Å². The van der Waals surface area contributed by atoms with Crippen molar-refractivity contribution in [1.82, 2.24) is 24.6 Å². The highest BCUT2D eigenvalue weighted by atomic mass is 15.3. The van der Waals surface area contributed by atoms with Gasteiger partial charge in [0.2, 0.25) is 0 Å². The molecule has 2 aromatic rings. The van der Waals surface area contributed by atoms with Crippen molar-refractivity contribution < 1.29 is 0 Å². The lowest BCUT2D eigenvalue weighted by atomic mass is 9.83. The second kappa shape index (κ2) is 6.60. The van der Waals surface area contributed by atoms with Crippen LogP contribution in [0, 0.1) is 5.92 Å². The first-order valence-corrected chi connectivity index (χ1v) is 8.20. The first kappa shape index (κ1) is 15.2. The van der Waals surface area contributed by atoms with E-state index in [1.807, 2.05) is 13.2 Å². The second-order valence-corrected chi connectivity index (χ2v) is 6.54. The molecule has 22 heavy (non-hydrogen) atoms. The molecule has 0 radical (unpaired) electrons. The summed E-state index contributed by atoms with van der Waals surface area (Å²) in [6.07, 6.45) is 10.3. The average Bonchev–Trinajstić information content (AvgIpc) is 2.91. The van der Waals surface area contributed by atoms with Gasteiger partial charge < -0.3 is 10.2 Å². The normalized spacial score (nSPS) is 18.0. The maximum absolute atomic E-state index is 4.40. The minimum Gasteiger partial charge on any atom is -0.368 e. The SMILES string of the molecule is CN(C)C(CNc1ncnc2c1cnn2C)C1CCCCC1. The molecule has 0 spiro atoms. The Bertz CT molecular complexity index is 614. The van der Waals surface area contributed by atoms with Crippen molar-refractivity contribution in [2.75, 3.05) is 26.0 Å². The molecular formula is C16H26N6. The van der Waals surface area contributed by atoms with Crippen LogP contribution in [0.3, 0.4) is 0 Å². The molecule has 0 aromatic carbocycles. The molecule has 0 bridgehead atoms. The summed E-state index contributed by atoms with van der Waals surface area (Å²) in [6, 6.07) is 0.544. The van der Waals surface area contributed by atoms with Crippen LogP contribution < -0.4 is 5.32 Å². The van der Waals surface area contributed by atoms with Crippen LogP contribution in [0.4, 0.5) is 5.82 Å². The highest BCUT2D eigenvalue weighted by molar-refractivity contribution is 5.85. The zero-order valence-corrected chi connectivity index (χ0v) is 13.8. The zero-order valence-electron chi connectivity index (χ0n) is 13.8. The van der Waals surface area contributed by atoms with Gasteiger partial charge in [-0.3, -0.25) is 4.68 Å². The van der Waals surface area contributed by atoms with E-state index in [-0.39, 0.29) is 0 Å². The molecule has 1 fully saturated rings. The van der Waals surface area contributed by atoms with Crippen LogP contribution in [0.25, 0.3) is 11.0 Å². The monoisotopic (exact) mass is 302 g/mol. The third-order valence-electron chi connectivity index (χ3n) is 4.87. The van der Waals surface area contributed by atoms with Crippen LogP contribution >= 0.6 is 0 Å². The van der Waals surface area contributed by atoms with E-state index in [2.05, 4.69) is 39.4 Å². The molecule has 1 atom stereocenters. The molecule has 1 aliphatic carbocycles. The molecule has 2 heterocycles. The summed E-state index contributed by atoms with van der Waals surface area (Å²) in [6.45, 7) is 0.915. The Kier molecular flexibility index (Phi) is 4.57. The molecule has 1 saturated carbocycles. The highest BCUT2D eigenvalue weighted by Gasteiger charge is 2.25. The quantitative estimate of drug-likeness (QED) is 0.918. The number of hydrogen-bond acceptors (Lipinski definition) is 5. The average molecular weight is 302 g/mol. The van der Waals surface area contributed by atoms with Crippen LogP contribution in [0.2, 0.25) is 0 Å². The van der Waals surface area contributed by atoms with E-state index in [1.165, 1.54) is 32.1 Å². The Balaban J connectivity index is 1.73. The fourth-order valence-corrected chi connectivity index (χ4v) is 3.59. The van der Waals surface area contributed by atoms with Gasteiger partial charge >= 0.3 is 0 Å². The van der Waals surface area contributed by atoms with Crippen LogP contribution in [0.15, 0.2) is 12.5 Å². The van der Waals surface area contributed by atoms with E-state index >= 15 is 0 Å². The molecule has 6 heteroatoms. The fraction of sp³-hybridized carbons (Fsp3) is 0.688. The molecule has 0 saturated heterocycles. The first-order chi connectivity index (χ1) is 10.7. The van der Waals surface area contributed by atoms with Crippen molar-refractivity contribution >= 4 is 16.9 Å². The Morgan fingerprint density at radius 3 is 2.77 bits per heavy atom. The number of nitrogens with zero attached hydrogens (tertiary/aromatic N) is 5. The second-order valence-electron chi connectivity index (χ2n) is 6.54. The summed E-state index contributed by atoms with van der Waals surface area (Å²) < 4.78 is 1.78. The summed E-state index contributed by atoms with van der Waals surface area (Å²) in [4.78, 5) is 11.0. The number of fused-ring (bicyclic) bond motifs is 1. The molecule has 1 unspecified atom stereocenters. The van der Waals surface area contributed by atoms with E-state index in [4.69, 9.17) is 0 Å². The molecule has 1 N–H and O–H groups in total. The Labute approximate surface area is 131 Å². The smallest absolute Gasteiger partial charge is 0.163 e. The zero-order chi connectivity index (χ0) is 15.5. The van der Waals surface area contributed by atoms with Crippen molar-refractivity contribution in [2.24, 2.45) is 13.0 Å². The first-order valence-electron chi connectivity index (χ1n) is 8.20. The molecule has 1 aliphatic rings. The third-order valence-corrected chi connectivity index (χ3v) is 4.87. The van der Waals surface area contributed by atoms with Crippen molar-refractivity contribution in [3.63, 3.8) is 0 Å². The Morgan fingerprint density at radius 1 is 1.27 bits per heavy atom. The minimum atomic E-state index is 0.544. The van der Waals surface area contributed by atoms with Crippen molar-refractivity contribution in [3.05, 3.63) is 12.5 Å². The summed E-state index contributed by atoms with van der Waals surface area (Å²) in [5, 5.41) is 8.80. The standard InChI is InChI=1S/C16H26N6/c1-21(2)14(12-7-5-4-6-8-12)10-17-15-13-9-20-22(3)16(13)19-11-18-15/h9,11-12,14H,4-8,10H2,1-3H3,(H,17,18,19). The van der Waals surface area contributed by atoms with Gasteiger partial charge in [-0.1, -0.05) is 19.3 Å². The van der Waals surface area contributed by atoms with Gasteiger partial charge in [-0.05, 0) is 32.9 Å². The fourth-order valence-electron chi connectivity index (χ4n) is 3.59. The maximum atomic E-state index is 4.40. The van der Waals surface area contributed by atoms with E-state index in [0.717, 1.165) is 29.3 Å².